The largest absolute Gasteiger partial charge is 3.00 e. The number of aromatic nitrogens is 3. The molecule has 0 N–H and O–H groups in total. The molecular weight excluding hydrogens is 703 g/mol. The van der Waals surface area contributed by atoms with E-state index in [-0.39, 0.29) is 20.1 Å². The van der Waals surface area contributed by atoms with Crippen LogP contribution in [0.3, 0.4) is 0 Å². The molecule has 3 nitrogen and oxygen atoms in total. The molecule has 5 aromatic carbocycles. The Kier molecular flexibility index (Phi) is 6.89. The summed E-state index contributed by atoms with van der Waals surface area (Å²) in [7, 11) is 2.07. The van der Waals surface area contributed by atoms with Crippen molar-refractivity contribution in [2.45, 2.75) is 12.8 Å². The quantitative estimate of drug-likeness (QED) is 0.130. The number of benzene rings is 5. The minimum atomic E-state index is 0. The molecule has 43 heavy (non-hydrogen) atoms. The molecule has 2 aromatic heterocycles. The van der Waals surface area contributed by atoms with Crippen LogP contribution in [0.1, 0.15) is 28.2 Å². The molecule has 9 rings (SSSR count). The van der Waals surface area contributed by atoms with Crippen molar-refractivity contribution >= 4 is 11.0 Å². The van der Waals surface area contributed by atoms with Crippen molar-refractivity contribution < 1.29 is 24.7 Å². The summed E-state index contributed by atoms with van der Waals surface area (Å²) >= 11 is 0. The van der Waals surface area contributed by atoms with Crippen molar-refractivity contribution in [1.82, 2.24) is 9.55 Å². The fourth-order valence-corrected chi connectivity index (χ4v) is 6.48. The number of hydrogen-bond donors (Lipinski definition) is 0. The van der Waals surface area contributed by atoms with Gasteiger partial charge in [0.1, 0.15) is 0 Å². The Morgan fingerprint density at radius 1 is 0.721 bits per heavy atom. The minimum Gasteiger partial charge on any atom is -0.342 e. The van der Waals surface area contributed by atoms with E-state index < -0.39 is 0 Å². The zero-order chi connectivity index (χ0) is 28.2. The first-order valence-electron chi connectivity index (χ1n) is 14.2. The average molecular weight is 730 g/mol. The summed E-state index contributed by atoms with van der Waals surface area (Å²) in [4.78, 5) is 4.32. The number of pyridine rings is 1. The third-order valence-electron chi connectivity index (χ3n) is 8.39. The predicted molar refractivity (Wildman–Crippen MR) is 167 cm³/mol. The van der Waals surface area contributed by atoms with Crippen molar-refractivity contribution in [3.63, 3.8) is 0 Å². The van der Waals surface area contributed by atoms with E-state index in [1.165, 1.54) is 55.5 Å². The van der Waals surface area contributed by atoms with E-state index in [1.807, 2.05) is 61.7 Å². The van der Waals surface area contributed by atoms with E-state index in [4.69, 9.17) is 0 Å². The van der Waals surface area contributed by atoms with Gasteiger partial charge in [-0.3, -0.25) is 0 Å². The van der Waals surface area contributed by atoms with Crippen molar-refractivity contribution in [2.24, 2.45) is 7.05 Å². The number of para-hydroxylation sites is 1. The summed E-state index contributed by atoms with van der Waals surface area (Å²) in [5.41, 5.74) is 16.4. The Bertz CT molecular complexity index is 2100. The fraction of sp³-hybridized carbons (Fsp3) is 0.0769. The van der Waals surface area contributed by atoms with Crippen LogP contribution >= 0.6 is 0 Å². The van der Waals surface area contributed by atoms with Crippen LogP contribution in [-0.4, -0.2) is 9.55 Å². The molecule has 7 aromatic rings. The van der Waals surface area contributed by atoms with Gasteiger partial charge >= 0.3 is 20.1 Å². The zero-order valence-electron chi connectivity index (χ0n) is 23.8. The molecule has 0 aliphatic heterocycles. The standard InChI is InChI=1S/C27H17N2.C12H10N.Ir/c1-28-16-29(17-8-3-2-4-9-17)25-15-23-22(14-24(25)28)21-13-7-12-20-18-10-5-6-11-19(18)27(23)26(20)21;1-10-7-8-12(13-9-10)11-5-3-2-4-6-11;/h2-8,10-15,27H,1H3;2-5,7-9H,1H3;/q2*-1;+3. The van der Waals surface area contributed by atoms with Crippen LogP contribution in [-0.2, 0) is 27.2 Å². The number of fused-ring (bicyclic) bond motifs is 7. The third kappa shape index (κ3) is 4.46. The van der Waals surface area contributed by atoms with Crippen LogP contribution in [0.5, 0.6) is 0 Å². The van der Waals surface area contributed by atoms with Crippen molar-refractivity contribution in [1.29, 1.82) is 0 Å². The fourth-order valence-electron chi connectivity index (χ4n) is 6.48. The summed E-state index contributed by atoms with van der Waals surface area (Å²) < 4.78 is 4.22. The summed E-state index contributed by atoms with van der Waals surface area (Å²) in [6.45, 7) is 2.03. The van der Waals surface area contributed by atoms with Gasteiger partial charge in [0, 0.05) is 12.1 Å². The van der Waals surface area contributed by atoms with Gasteiger partial charge in [-0.25, -0.2) is 0 Å². The number of imidazole rings is 1. The van der Waals surface area contributed by atoms with Gasteiger partial charge in [0.25, 0.3) is 0 Å². The minimum absolute atomic E-state index is 0. The molecule has 0 spiro atoms. The Morgan fingerprint density at radius 2 is 1.47 bits per heavy atom. The van der Waals surface area contributed by atoms with Gasteiger partial charge in [-0.15, -0.1) is 35.9 Å². The van der Waals surface area contributed by atoms with Gasteiger partial charge in [-0.05, 0) is 57.1 Å². The number of aryl methyl sites for hydroxylation is 2. The first kappa shape index (κ1) is 27.2. The molecule has 0 amide bonds. The van der Waals surface area contributed by atoms with Gasteiger partial charge in [-0.2, -0.15) is 30.3 Å². The molecule has 1 unspecified atom stereocenters. The molecule has 0 radical (unpaired) electrons. The van der Waals surface area contributed by atoms with E-state index in [0.29, 0.717) is 5.92 Å². The molecule has 0 bridgehead atoms. The van der Waals surface area contributed by atoms with Crippen LogP contribution in [0.15, 0.2) is 121 Å². The Balaban J connectivity index is 0.000000182. The van der Waals surface area contributed by atoms with Crippen LogP contribution in [0.4, 0.5) is 0 Å². The second-order valence-electron chi connectivity index (χ2n) is 11.0. The van der Waals surface area contributed by atoms with E-state index >= 15 is 0 Å². The molecule has 4 heteroatoms. The SMILES string of the molecule is C[n+]1[c-]n(-c2[c-]cccc2)c2cc3c(cc21)-c1cccc2c1C3c1ccccc1-2.Cc1ccc(-c2[c-]cccc2)nc1.[Ir+3]. The third-order valence-corrected chi connectivity index (χ3v) is 8.39. The van der Waals surface area contributed by atoms with Crippen LogP contribution < -0.4 is 4.57 Å². The van der Waals surface area contributed by atoms with Crippen LogP contribution in [0.2, 0.25) is 0 Å². The maximum atomic E-state index is 4.32. The van der Waals surface area contributed by atoms with Gasteiger partial charge in [0.2, 0.25) is 6.33 Å². The molecule has 0 saturated heterocycles. The maximum Gasteiger partial charge on any atom is 3.00 e. The van der Waals surface area contributed by atoms with E-state index in [9.17, 15) is 0 Å². The molecule has 2 aliphatic carbocycles. The van der Waals surface area contributed by atoms with Gasteiger partial charge in [0.15, 0.2) is 0 Å². The second-order valence-corrected chi connectivity index (χ2v) is 11.0. The molecular formula is C39H27IrN3+. The first-order valence-corrected chi connectivity index (χ1v) is 14.2. The summed E-state index contributed by atoms with van der Waals surface area (Å²) in [6.07, 6.45) is 5.33. The number of hydrogen-bond acceptors (Lipinski definition) is 1. The summed E-state index contributed by atoms with van der Waals surface area (Å²) in [5.74, 6) is 0.324. The number of rotatable bonds is 2. The van der Waals surface area contributed by atoms with E-state index in [2.05, 4.69) is 106 Å². The number of nitrogens with zero attached hydrogens (tertiary/aromatic N) is 3. The van der Waals surface area contributed by atoms with Gasteiger partial charge in [0.05, 0.1) is 18.1 Å². The average Bonchev–Trinajstić information content (AvgIpc) is 3.68. The Morgan fingerprint density at radius 3 is 2.21 bits per heavy atom. The van der Waals surface area contributed by atoms with Gasteiger partial charge < -0.3 is 14.1 Å². The smallest absolute Gasteiger partial charge is 0.342 e. The summed E-state index contributed by atoms with van der Waals surface area (Å²) in [5, 5.41) is 0. The molecule has 1 atom stereocenters. The monoisotopic (exact) mass is 730 g/mol. The molecule has 206 valence electrons. The molecule has 0 fully saturated rings. The maximum absolute atomic E-state index is 4.32. The van der Waals surface area contributed by atoms with Crippen molar-refractivity contribution in [3.05, 3.63) is 162 Å². The van der Waals surface area contributed by atoms with E-state index in [1.54, 1.807) is 0 Å². The molecule has 2 aliphatic rings. The Labute approximate surface area is 265 Å². The zero-order valence-corrected chi connectivity index (χ0v) is 26.2. The van der Waals surface area contributed by atoms with Crippen molar-refractivity contribution in [3.8, 4) is 39.2 Å². The topological polar surface area (TPSA) is 21.7 Å². The van der Waals surface area contributed by atoms with E-state index in [0.717, 1.165) is 16.9 Å². The summed E-state index contributed by atoms with van der Waals surface area (Å²) in [6, 6.07) is 46.8. The Hall–Kier alpha value is -4.63. The predicted octanol–water partition coefficient (Wildman–Crippen LogP) is 8.05. The van der Waals surface area contributed by atoms with Crippen LogP contribution in [0.25, 0.3) is 50.2 Å². The molecule has 0 saturated carbocycles. The van der Waals surface area contributed by atoms with Crippen LogP contribution in [0, 0.1) is 25.4 Å². The van der Waals surface area contributed by atoms with Crippen molar-refractivity contribution in [2.75, 3.05) is 0 Å². The van der Waals surface area contributed by atoms with Gasteiger partial charge in [-0.1, -0.05) is 72.4 Å². The normalized spacial score (nSPS) is 13.4. The molecule has 2 heterocycles. The second kappa shape index (κ2) is 10.9. The first-order chi connectivity index (χ1) is 20.7.